The summed E-state index contributed by atoms with van der Waals surface area (Å²) >= 11 is 0. The molecule has 2 atom stereocenters. The maximum Gasteiger partial charge on any atom is 0.320 e. The number of rotatable bonds is 3. The van der Waals surface area contributed by atoms with Gasteiger partial charge in [0.15, 0.2) is 0 Å². The lowest BCUT2D eigenvalue weighted by Crippen LogP contribution is -2.30. The van der Waals surface area contributed by atoms with Crippen LogP contribution in [0.1, 0.15) is 6.42 Å². The van der Waals surface area contributed by atoms with E-state index in [0.717, 1.165) is 5.75 Å². The SMILES string of the molecule is O=C(O)C1C[C@@H](Oc2ccccc2)CN1. The zero-order valence-corrected chi connectivity index (χ0v) is 8.22. The van der Waals surface area contributed by atoms with E-state index in [1.807, 2.05) is 30.3 Å². The Morgan fingerprint density at radius 1 is 1.40 bits per heavy atom. The standard InChI is InChI=1S/C11H13NO3/c13-11(14)10-6-9(7-12-10)15-8-4-2-1-3-5-8/h1-5,9-10,12H,6-7H2,(H,13,14)/t9-,10?/m1/s1. The van der Waals surface area contributed by atoms with Gasteiger partial charge in [0, 0.05) is 13.0 Å². The van der Waals surface area contributed by atoms with Crippen LogP contribution in [0.3, 0.4) is 0 Å². The number of carboxylic acids is 1. The highest BCUT2D eigenvalue weighted by atomic mass is 16.5. The average molecular weight is 207 g/mol. The Kier molecular flexibility index (Phi) is 2.87. The monoisotopic (exact) mass is 207 g/mol. The summed E-state index contributed by atoms with van der Waals surface area (Å²) < 4.78 is 5.63. The highest BCUT2D eigenvalue weighted by molar-refractivity contribution is 5.73. The van der Waals surface area contributed by atoms with E-state index < -0.39 is 12.0 Å². The van der Waals surface area contributed by atoms with Gasteiger partial charge in [0.2, 0.25) is 0 Å². The molecule has 1 fully saturated rings. The van der Waals surface area contributed by atoms with Gasteiger partial charge < -0.3 is 15.2 Å². The molecule has 80 valence electrons. The number of hydrogen-bond acceptors (Lipinski definition) is 3. The van der Waals surface area contributed by atoms with E-state index in [1.165, 1.54) is 0 Å². The van der Waals surface area contributed by atoms with Gasteiger partial charge in [-0.1, -0.05) is 18.2 Å². The minimum atomic E-state index is -0.811. The number of carboxylic acid groups (broad SMARTS) is 1. The minimum absolute atomic E-state index is 0.0477. The second-order valence-corrected chi connectivity index (χ2v) is 3.59. The molecule has 1 aromatic carbocycles. The van der Waals surface area contributed by atoms with Gasteiger partial charge in [-0.3, -0.25) is 4.79 Å². The van der Waals surface area contributed by atoms with Crippen molar-refractivity contribution in [2.75, 3.05) is 6.54 Å². The smallest absolute Gasteiger partial charge is 0.320 e. The summed E-state index contributed by atoms with van der Waals surface area (Å²) in [6.45, 7) is 0.589. The summed E-state index contributed by atoms with van der Waals surface area (Å²) in [5.41, 5.74) is 0. The van der Waals surface area contributed by atoms with Crippen molar-refractivity contribution in [3.8, 4) is 5.75 Å². The zero-order valence-electron chi connectivity index (χ0n) is 8.22. The van der Waals surface area contributed by atoms with Crippen LogP contribution in [0.5, 0.6) is 5.75 Å². The Balaban J connectivity index is 1.90. The molecule has 4 nitrogen and oxygen atoms in total. The molecule has 0 aliphatic carbocycles. The summed E-state index contributed by atoms with van der Waals surface area (Å²) in [5, 5.41) is 11.7. The van der Waals surface area contributed by atoms with Crippen LogP contribution in [-0.4, -0.2) is 29.8 Å². The van der Waals surface area contributed by atoms with Crippen molar-refractivity contribution in [3.63, 3.8) is 0 Å². The molecule has 4 heteroatoms. The van der Waals surface area contributed by atoms with Gasteiger partial charge in [-0.25, -0.2) is 0 Å². The second-order valence-electron chi connectivity index (χ2n) is 3.59. The minimum Gasteiger partial charge on any atom is -0.489 e. The summed E-state index contributed by atoms with van der Waals surface area (Å²) in [6.07, 6.45) is 0.470. The van der Waals surface area contributed by atoms with Crippen molar-refractivity contribution in [2.24, 2.45) is 0 Å². The molecule has 0 spiro atoms. The summed E-state index contributed by atoms with van der Waals surface area (Å²) in [7, 11) is 0. The maximum absolute atomic E-state index is 10.7. The Hall–Kier alpha value is -1.55. The fourth-order valence-electron chi connectivity index (χ4n) is 1.67. The number of benzene rings is 1. The van der Waals surface area contributed by atoms with Crippen LogP contribution >= 0.6 is 0 Å². The largest absolute Gasteiger partial charge is 0.489 e. The lowest BCUT2D eigenvalue weighted by atomic mass is 10.2. The van der Waals surface area contributed by atoms with Crippen LogP contribution < -0.4 is 10.1 Å². The van der Waals surface area contributed by atoms with Crippen molar-refractivity contribution < 1.29 is 14.6 Å². The van der Waals surface area contributed by atoms with Crippen LogP contribution in [0.25, 0.3) is 0 Å². The average Bonchev–Trinajstić information content (AvgIpc) is 2.68. The molecule has 1 aliphatic rings. The first-order valence-electron chi connectivity index (χ1n) is 4.93. The van der Waals surface area contributed by atoms with E-state index >= 15 is 0 Å². The third-order valence-electron chi connectivity index (χ3n) is 2.43. The van der Waals surface area contributed by atoms with Gasteiger partial charge in [0.25, 0.3) is 0 Å². The highest BCUT2D eigenvalue weighted by Crippen LogP contribution is 2.16. The molecule has 1 aromatic rings. The molecule has 1 saturated heterocycles. The van der Waals surface area contributed by atoms with Crippen LogP contribution in [0.4, 0.5) is 0 Å². The summed E-state index contributed by atoms with van der Waals surface area (Å²) in [4.78, 5) is 10.7. The topological polar surface area (TPSA) is 58.6 Å². The lowest BCUT2D eigenvalue weighted by Gasteiger charge is -2.11. The Morgan fingerprint density at radius 3 is 2.73 bits per heavy atom. The molecule has 0 saturated carbocycles. The van der Waals surface area contributed by atoms with Crippen molar-refractivity contribution in [1.29, 1.82) is 0 Å². The van der Waals surface area contributed by atoms with E-state index in [9.17, 15) is 4.79 Å². The summed E-state index contributed by atoms with van der Waals surface area (Å²) in [6, 6.07) is 8.97. The summed E-state index contributed by atoms with van der Waals surface area (Å²) in [5.74, 6) is -0.0236. The van der Waals surface area contributed by atoms with Gasteiger partial charge in [0.1, 0.15) is 17.9 Å². The Labute approximate surface area is 87.9 Å². The number of nitrogens with one attached hydrogen (secondary N) is 1. The highest BCUT2D eigenvalue weighted by Gasteiger charge is 2.30. The zero-order chi connectivity index (χ0) is 10.7. The molecule has 2 N–H and O–H groups in total. The van der Waals surface area contributed by atoms with Gasteiger partial charge in [-0.15, -0.1) is 0 Å². The molecular formula is C11H13NO3. The van der Waals surface area contributed by atoms with E-state index in [1.54, 1.807) is 0 Å². The van der Waals surface area contributed by atoms with Gasteiger partial charge >= 0.3 is 5.97 Å². The van der Waals surface area contributed by atoms with Crippen molar-refractivity contribution in [1.82, 2.24) is 5.32 Å². The molecule has 2 rings (SSSR count). The van der Waals surface area contributed by atoms with Gasteiger partial charge in [0.05, 0.1) is 0 Å². The predicted octanol–water partition coefficient (Wildman–Crippen LogP) is 0.881. The van der Waals surface area contributed by atoms with Crippen LogP contribution in [0.2, 0.25) is 0 Å². The lowest BCUT2D eigenvalue weighted by molar-refractivity contribution is -0.139. The Morgan fingerprint density at radius 2 is 2.13 bits per heavy atom. The second kappa shape index (κ2) is 4.31. The fourth-order valence-corrected chi connectivity index (χ4v) is 1.67. The number of carbonyl (C=O) groups is 1. The maximum atomic E-state index is 10.7. The van der Waals surface area contributed by atoms with E-state index in [2.05, 4.69) is 5.32 Å². The van der Waals surface area contributed by atoms with Gasteiger partial charge in [-0.2, -0.15) is 0 Å². The normalized spacial score (nSPS) is 25.1. The molecule has 0 radical (unpaired) electrons. The number of ether oxygens (including phenoxy) is 1. The molecule has 1 unspecified atom stereocenters. The quantitative estimate of drug-likeness (QED) is 0.772. The third-order valence-corrected chi connectivity index (χ3v) is 2.43. The first-order valence-corrected chi connectivity index (χ1v) is 4.93. The predicted molar refractivity (Wildman–Crippen MR) is 54.9 cm³/mol. The molecule has 0 aromatic heterocycles. The van der Waals surface area contributed by atoms with Crippen LogP contribution in [0.15, 0.2) is 30.3 Å². The van der Waals surface area contributed by atoms with E-state index in [0.29, 0.717) is 13.0 Å². The third kappa shape index (κ3) is 2.47. The molecule has 0 amide bonds. The number of para-hydroxylation sites is 1. The molecule has 15 heavy (non-hydrogen) atoms. The van der Waals surface area contributed by atoms with Crippen LogP contribution in [0, 0.1) is 0 Å². The number of aliphatic carboxylic acids is 1. The first-order chi connectivity index (χ1) is 7.25. The van der Waals surface area contributed by atoms with E-state index in [4.69, 9.17) is 9.84 Å². The molecule has 1 heterocycles. The molecule has 0 bridgehead atoms. The first kappa shape index (κ1) is 9.98. The van der Waals surface area contributed by atoms with E-state index in [-0.39, 0.29) is 6.10 Å². The fraction of sp³-hybridized carbons (Fsp3) is 0.364. The van der Waals surface area contributed by atoms with Crippen molar-refractivity contribution >= 4 is 5.97 Å². The van der Waals surface area contributed by atoms with Gasteiger partial charge in [-0.05, 0) is 12.1 Å². The Bertz CT molecular complexity index is 339. The molecule has 1 aliphatic heterocycles. The van der Waals surface area contributed by atoms with Crippen molar-refractivity contribution in [3.05, 3.63) is 30.3 Å². The van der Waals surface area contributed by atoms with Crippen molar-refractivity contribution in [2.45, 2.75) is 18.6 Å². The molecular weight excluding hydrogens is 194 g/mol. The number of hydrogen-bond donors (Lipinski definition) is 2. The van der Waals surface area contributed by atoms with Crippen LogP contribution in [-0.2, 0) is 4.79 Å².